The maximum atomic E-state index is 11.2. The van der Waals surface area contributed by atoms with Gasteiger partial charge in [-0.05, 0) is 43.5 Å². The van der Waals surface area contributed by atoms with Crippen molar-refractivity contribution in [3.05, 3.63) is 22.8 Å². The Bertz CT molecular complexity index is 469. The third kappa shape index (κ3) is 3.40. The monoisotopic (exact) mass is 265 g/mol. The molecule has 0 radical (unpaired) electrons. The maximum Gasteiger partial charge on any atom is 0.307 e. The van der Waals surface area contributed by atoms with Crippen molar-refractivity contribution in [2.24, 2.45) is 0 Å². The van der Waals surface area contributed by atoms with E-state index in [2.05, 4.69) is 23.5 Å². The molecule has 0 unspecified atom stereocenters. The van der Waals surface area contributed by atoms with Gasteiger partial charge >= 0.3 is 5.97 Å². The highest BCUT2D eigenvalue weighted by atomic mass is 16.5. The van der Waals surface area contributed by atoms with Crippen LogP contribution in [-0.2, 0) is 9.53 Å². The van der Waals surface area contributed by atoms with Crippen LogP contribution in [-0.4, -0.2) is 33.8 Å². The highest BCUT2D eigenvalue weighted by molar-refractivity contribution is 5.71. The molecule has 0 amide bonds. The quantitative estimate of drug-likeness (QED) is 0.767. The molecular formula is C15H23NO3. The van der Waals surface area contributed by atoms with Crippen molar-refractivity contribution in [1.29, 1.82) is 0 Å². The SMILES string of the molecule is COC(=O)CCN(C)c1c(C)cc(OC)c(C)c1C. The van der Waals surface area contributed by atoms with Crippen LogP contribution in [0.25, 0.3) is 0 Å². The summed E-state index contributed by atoms with van der Waals surface area (Å²) in [6, 6.07) is 2.03. The number of carbonyl (C=O) groups excluding carboxylic acids is 1. The Labute approximate surface area is 115 Å². The van der Waals surface area contributed by atoms with Crippen LogP contribution in [0.3, 0.4) is 0 Å². The summed E-state index contributed by atoms with van der Waals surface area (Å²) >= 11 is 0. The summed E-state index contributed by atoms with van der Waals surface area (Å²) in [7, 11) is 5.09. The third-order valence-corrected chi connectivity index (χ3v) is 3.49. The van der Waals surface area contributed by atoms with Gasteiger partial charge in [-0.1, -0.05) is 0 Å². The maximum absolute atomic E-state index is 11.2. The fraction of sp³-hybridized carbons (Fsp3) is 0.533. The summed E-state index contributed by atoms with van der Waals surface area (Å²) < 4.78 is 10.0. The second kappa shape index (κ2) is 6.45. The molecule has 0 bridgehead atoms. The van der Waals surface area contributed by atoms with Gasteiger partial charge in [-0.2, -0.15) is 0 Å². The van der Waals surface area contributed by atoms with Crippen LogP contribution in [0.15, 0.2) is 6.07 Å². The minimum atomic E-state index is -0.188. The molecule has 0 saturated heterocycles. The van der Waals surface area contributed by atoms with Gasteiger partial charge in [0.1, 0.15) is 5.75 Å². The smallest absolute Gasteiger partial charge is 0.307 e. The summed E-state index contributed by atoms with van der Waals surface area (Å²) in [6.45, 7) is 6.82. The van der Waals surface area contributed by atoms with E-state index in [0.29, 0.717) is 13.0 Å². The topological polar surface area (TPSA) is 38.8 Å². The van der Waals surface area contributed by atoms with E-state index in [9.17, 15) is 4.79 Å². The molecule has 0 fully saturated rings. The van der Waals surface area contributed by atoms with E-state index in [-0.39, 0.29) is 5.97 Å². The van der Waals surface area contributed by atoms with Gasteiger partial charge in [0.25, 0.3) is 0 Å². The van der Waals surface area contributed by atoms with E-state index in [1.165, 1.54) is 12.7 Å². The molecule has 0 aliphatic heterocycles. The standard InChI is InChI=1S/C15H23NO3/c1-10-9-13(18-5)11(2)12(3)15(10)16(4)8-7-14(17)19-6/h9H,7-8H2,1-6H3. The third-order valence-electron chi connectivity index (χ3n) is 3.49. The van der Waals surface area contributed by atoms with Gasteiger partial charge in [-0.3, -0.25) is 4.79 Å². The number of carbonyl (C=O) groups is 1. The first-order valence-corrected chi connectivity index (χ1v) is 6.35. The second-order valence-electron chi connectivity index (χ2n) is 4.74. The second-order valence-corrected chi connectivity index (χ2v) is 4.74. The molecule has 0 atom stereocenters. The number of esters is 1. The molecule has 1 aromatic carbocycles. The normalized spacial score (nSPS) is 10.2. The van der Waals surface area contributed by atoms with Crippen molar-refractivity contribution in [2.45, 2.75) is 27.2 Å². The van der Waals surface area contributed by atoms with Crippen LogP contribution in [0, 0.1) is 20.8 Å². The molecular weight excluding hydrogens is 242 g/mol. The summed E-state index contributed by atoms with van der Waals surface area (Å²) in [4.78, 5) is 13.3. The van der Waals surface area contributed by atoms with Gasteiger partial charge in [-0.15, -0.1) is 0 Å². The predicted octanol–water partition coefficient (Wildman–Crippen LogP) is 2.62. The van der Waals surface area contributed by atoms with Gasteiger partial charge in [-0.25, -0.2) is 0 Å². The van der Waals surface area contributed by atoms with Gasteiger partial charge in [0, 0.05) is 19.3 Å². The molecule has 4 heteroatoms. The molecule has 0 aromatic heterocycles. The molecule has 0 spiro atoms. The zero-order valence-electron chi connectivity index (χ0n) is 12.7. The summed E-state index contributed by atoms with van der Waals surface area (Å²) in [5.74, 6) is 0.715. The Hall–Kier alpha value is -1.71. The summed E-state index contributed by atoms with van der Waals surface area (Å²) in [6.07, 6.45) is 0.386. The zero-order chi connectivity index (χ0) is 14.6. The van der Waals surface area contributed by atoms with E-state index in [1.807, 2.05) is 20.0 Å². The first kappa shape index (κ1) is 15.3. The van der Waals surface area contributed by atoms with Crippen molar-refractivity contribution < 1.29 is 14.3 Å². The number of methoxy groups -OCH3 is 2. The van der Waals surface area contributed by atoms with Crippen LogP contribution in [0.2, 0.25) is 0 Å². The van der Waals surface area contributed by atoms with Crippen molar-refractivity contribution >= 4 is 11.7 Å². The highest BCUT2D eigenvalue weighted by Crippen LogP contribution is 2.33. The van der Waals surface area contributed by atoms with Crippen LogP contribution >= 0.6 is 0 Å². The number of benzene rings is 1. The van der Waals surface area contributed by atoms with Crippen LogP contribution in [0.5, 0.6) is 5.75 Å². The van der Waals surface area contributed by atoms with E-state index in [4.69, 9.17) is 4.74 Å². The van der Waals surface area contributed by atoms with Crippen LogP contribution < -0.4 is 9.64 Å². The number of rotatable bonds is 5. The molecule has 0 aliphatic rings. The number of anilines is 1. The Balaban J connectivity index is 3.00. The molecule has 0 heterocycles. The van der Waals surface area contributed by atoms with Gasteiger partial charge in [0.2, 0.25) is 0 Å². The van der Waals surface area contributed by atoms with E-state index < -0.39 is 0 Å². The molecule has 4 nitrogen and oxygen atoms in total. The summed E-state index contributed by atoms with van der Waals surface area (Å²) in [5.41, 5.74) is 4.62. The molecule has 106 valence electrons. The Morgan fingerprint density at radius 1 is 1.21 bits per heavy atom. The van der Waals surface area contributed by atoms with Gasteiger partial charge in [0.15, 0.2) is 0 Å². The molecule has 19 heavy (non-hydrogen) atoms. The van der Waals surface area contributed by atoms with E-state index in [1.54, 1.807) is 7.11 Å². The fourth-order valence-electron chi connectivity index (χ4n) is 2.30. The zero-order valence-corrected chi connectivity index (χ0v) is 12.7. The highest BCUT2D eigenvalue weighted by Gasteiger charge is 2.14. The lowest BCUT2D eigenvalue weighted by molar-refractivity contribution is -0.140. The van der Waals surface area contributed by atoms with Crippen molar-refractivity contribution in [3.63, 3.8) is 0 Å². The predicted molar refractivity (Wildman–Crippen MR) is 77.1 cm³/mol. The number of nitrogens with zero attached hydrogens (tertiary/aromatic N) is 1. The number of aryl methyl sites for hydroxylation is 1. The number of ether oxygens (including phenoxy) is 2. The Morgan fingerprint density at radius 3 is 2.37 bits per heavy atom. The minimum absolute atomic E-state index is 0.188. The van der Waals surface area contributed by atoms with E-state index >= 15 is 0 Å². The van der Waals surface area contributed by atoms with Crippen LogP contribution in [0.1, 0.15) is 23.1 Å². The van der Waals surface area contributed by atoms with Crippen LogP contribution in [0.4, 0.5) is 5.69 Å². The molecule has 0 saturated carbocycles. The lowest BCUT2D eigenvalue weighted by Crippen LogP contribution is -2.23. The lowest BCUT2D eigenvalue weighted by Gasteiger charge is -2.25. The van der Waals surface area contributed by atoms with Gasteiger partial charge in [0.05, 0.1) is 20.6 Å². The van der Waals surface area contributed by atoms with Gasteiger partial charge < -0.3 is 14.4 Å². The first-order valence-electron chi connectivity index (χ1n) is 6.35. The van der Waals surface area contributed by atoms with Crippen molar-refractivity contribution in [3.8, 4) is 5.75 Å². The summed E-state index contributed by atoms with van der Waals surface area (Å²) in [5, 5.41) is 0. The molecule has 1 aromatic rings. The first-order chi connectivity index (χ1) is 8.92. The number of hydrogen-bond donors (Lipinski definition) is 0. The van der Waals surface area contributed by atoms with Crippen molar-refractivity contribution in [1.82, 2.24) is 0 Å². The number of hydrogen-bond acceptors (Lipinski definition) is 4. The molecule has 0 N–H and O–H groups in total. The molecule has 1 rings (SSSR count). The van der Waals surface area contributed by atoms with Crippen molar-refractivity contribution in [2.75, 3.05) is 32.7 Å². The minimum Gasteiger partial charge on any atom is -0.496 e. The Kier molecular flexibility index (Phi) is 5.21. The fourth-order valence-corrected chi connectivity index (χ4v) is 2.30. The average Bonchev–Trinajstić information content (AvgIpc) is 2.40. The lowest BCUT2D eigenvalue weighted by atomic mass is 10.0. The van der Waals surface area contributed by atoms with E-state index in [0.717, 1.165) is 22.6 Å². The molecule has 0 aliphatic carbocycles. The average molecular weight is 265 g/mol. The largest absolute Gasteiger partial charge is 0.496 e. The Morgan fingerprint density at radius 2 is 1.84 bits per heavy atom.